The van der Waals surface area contributed by atoms with E-state index in [2.05, 4.69) is 15.2 Å². The number of nitrogens with one attached hydrogen (secondary N) is 1. The number of nitrogens with zero attached hydrogens (tertiary/aromatic N) is 5. The van der Waals surface area contributed by atoms with Gasteiger partial charge >= 0.3 is 0 Å². The van der Waals surface area contributed by atoms with E-state index in [1.165, 1.54) is 21.7 Å². The molecule has 0 bridgehead atoms. The van der Waals surface area contributed by atoms with Crippen LogP contribution in [0.3, 0.4) is 0 Å². The lowest BCUT2D eigenvalue weighted by Crippen LogP contribution is -2.50. The Balaban J connectivity index is 1.30. The molecule has 12 heteroatoms. The zero-order valence-electron chi connectivity index (χ0n) is 22.2. The predicted molar refractivity (Wildman–Crippen MR) is 158 cm³/mol. The van der Waals surface area contributed by atoms with Gasteiger partial charge in [-0.2, -0.15) is 23.0 Å². The first-order valence-corrected chi connectivity index (χ1v) is 15.0. The average Bonchev–Trinajstić information content (AvgIpc) is 3.39. The highest BCUT2D eigenvalue weighted by atomic mass is 32.2. The second kappa shape index (κ2) is 11.7. The van der Waals surface area contributed by atoms with E-state index in [-0.39, 0.29) is 0 Å². The van der Waals surface area contributed by atoms with Crippen molar-refractivity contribution in [2.75, 3.05) is 31.5 Å². The zero-order valence-corrected chi connectivity index (χ0v) is 23.8. The maximum absolute atomic E-state index is 11.5. The van der Waals surface area contributed by atoms with Crippen LogP contribution in [0, 0.1) is 25.2 Å². The summed E-state index contributed by atoms with van der Waals surface area (Å²) in [6.45, 7) is 6.72. The third-order valence-electron chi connectivity index (χ3n) is 6.61. The van der Waals surface area contributed by atoms with E-state index in [0.717, 1.165) is 50.5 Å². The lowest BCUT2D eigenvalue weighted by atomic mass is 10.1. The van der Waals surface area contributed by atoms with E-state index < -0.39 is 10.2 Å². The van der Waals surface area contributed by atoms with E-state index >= 15 is 0 Å². The van der Waals surface area contributed by atoms with Crippen molar-refractivity contribution in [1.29, 1.82) is 5.26 Å². The highest BCUT2D eigenvalue weighted by molar-refractivity contribution is 7.86. The van der Waals surface area contributed by atoms with Crippen molar-refractivity contribution in [3.63, 3.8) is 0 Å². The van der Waals surface area contributed by atoms with E-state index in [1.807, 2.05) is 67.8 Å². The molecule has 0 unspecified atom stereocenters. The van der Waals surface area contributed by atoms with E-state index in [9.17, 15) is 8.42 Å². The smallest absolute Gasteiger partial charge is 0.276 e. The summed E-state index contributed by atoms with van der Waals surface area (Å²) < 4.78 is 31.6. The van der Waals surface area contributed by atoms with Gasteiger partial charge in [0.1, 0.15) is 10.4 Å². The summed E-state index contributed by atoms with van der Waals surface area (Å²) in [5, 5.41) is 19.3. The molecular formula is C28H29N7O3S2. The van der Waals surface area contributed by atoms with Crippen molar-refractivity contribution in [2.45, 2.75) is 20.4 Å². The number of nitriles is 1. The highest BCUT2D eigenvalue weighted by Crippen LogP contribution is 2.36. The Bertz CT molecular complexity index is 1680. The van der Waals surface area contributed by atoms with Gasteiger partial charge in [0.25, 0.3) is 10.2 Å². The molecule has 1 aliphatic heterocycles. The Kier molecular flexibility index (Phi) is 8.11. The van der Waals surface area contributed by atoms with Crippen LogP contribution in [-0.2, 0) is 16.8 Å². The molecule has 1 fully saturated rings. The zero-order chi connectivity index (χ0) is 28.3. The molecule has 0 atom stereocenters. The molecule has 5 rings (SSSR count). The van der Waals surface area contributed by atoms with Crippen LogP contribution in [0.25, 0.3) is 16.3 Å². The Morgan fingerprint density at radius 2 is 1.80 bits per heavy atom. The van der Waals surface area contributed by atoms with Crippen LogP contribution in [0.5, 0.6) is 11.6 Å². The number of allylic oxidation sites excluding steroid dienone is 1. The third-order valence-corrected chi connectivity index (χ3v) is 8.59. The minimum absolute atomic E-state index is 0.396. The lowest BCUT2D eigenvalue weighted by molar-refractivity contribution is 0.181. The highest BCUT2D eigenvalue weighted by Gasteiger charge is 2.23. The number of fused-ring (bicyclic) bond motifs is 1. The molecule has 4 aromatic rings. The van der Waals surface area contributed by atoms with Gasteiger partial charge in [-0.1, -0.05) is 12.1 Å². The standard InChI is InChI=1S/C28H29N7O3S2/c1-19-16-22(4-3-10-29)17-20(2)25(19)38-27-26-24(9-15-39-26)32-28(33-27)31-23-7-5-21(6-8-23)18-34-11-13-35(14-12-34)40(30,36)37/h3-9,15-17H,11-14,18H2,1-2H3,(H2,30,36,37)(H,31,32,33)/b4-3+. The van der Waals surface area contributed by atoms with Gasteiger partial charge in [-0.25, -0.2) is 10.1 Å². The third kappa shape index (κ3) is 6.47. The van der Waals surface area contributed by atoms with Gasteiger partial charge in [-0.3, -0.25) is 4.90 Å². The van der Waals surface area contributed by atoms with Crippen molar-refractivity contribution in [2.24, 2.45) is 5.14 Å². The number of benzene rings is 2. The molecule has 0 amide bonds. The van der Waals surface area contributed by atoms with Crippen LogP contribution in [0.1, 0.15) is 22.3 Å². The minimum Gasteiger partial charge on any atom is -0.437 e. The molecule has 2 aromatic heterocycles. The van der Waals surface area contributed by atoms with Crippen LogP contribution in [0.15, 0.2) is 53.9 Å². The number of aromatic nitrogens is 2. The van der Waals surface area contributed by atoms with Crippen molar-refractivity contribution in [3.8, 4) is 17.7 Å². The first-order valence-electron chi connectivity index (χ1n) is 12.7. The fraction of sp³-hybridized carbons (Fsp3) is 0.250. The Hall–Kier alpha value is -3.86. The molecular weight excluding hydrogens is 546 g/mol. The van der Waals surface area contributed by atoms with E-state index in [0.29, 0.717) is 38.0 Å². The molecule has 1 aliphatic rings. The van der Waals surface area contributed by atoms with Crippen LogP contribution < -0.4 is 15.2 Å². The molecule has 3 heterocycles. The largest absolute Gasteiger partial charge is 0.437 e. The molecule has 0 radical (unpaired) electrons. The van der Waals surface area contributed by atoms with Crippen molar-refractivity contribution in [3.05, 3.63) is 76.2 Å². The molecule has 0 aliphatic carbocycles. The van der Waals surface area contributed by atoms with Crippen LogP contribution in [0.2, 0.25) is 0 Å². The SMILES string of the molecule is Cc1cc(/C=C/C#N)cc(C)c1Oc1nc(Nc2ccc(CN3CCN(S(N)(=O)=O)CC3)cc2)nc2ccsc12. The molecule has 1 saturated heterocycles. The van der Waals surface area contributed by atoms with E-state index in [4.69, 9.17) is 20.1 Å². The van der Waals surface area contributed by atoms with Gasteiger partial charge < -0.3 is 10.1 Å². The molecule has 3 N–H and O–H groups in total. The first-order chi connectivity index (χ1) is 19.2. The summed E-state index contributed by atoms with van der Waals surface area (Å²) in [6.07, 6.45) is 3.23. The second-order valence-electron chi connectivity index (χ2n) is 9.58. The van der Waals surface area contributed by atoms with Gasteiger partial charge in [-0.15, -0.1) is 11.3 Å². The number of piperazine rings is 1. The predicted octanol–water partition coefficient (Wildman–Crippen LogP) is 4.70. The lowest BCUT2D eigenvalue weighted by Gasteiger charge is -2.32. The summed E-state index contributed by atoms with van der Waals surface area (Å²) in [7, 11) is -3.63. The molecule has 2 aromatic carbocycles. The van der Waals surface area contributed by atoms with Crippen LogP contribution >= 0.6 is 11.3 Å². The average molecular weight is 576 g/mol. The number of anilines is 2. The van der Waals surface area contributed by atoms with Crippen molar-refractivity contribution in [1.82, 2.24) is 19.2 Å². The minimum atomic E-state index is -3.63. The summed E-state index contributed by atoms with van der Waals surface area (Å²) in [4.78, 5) is 11.6. The maximum Gasteiger partial charge on any atom is 0.276 e. The fourth-order valence-corrected chi connectivity index (χ4v) is 6.08. The Labute approximate surface area is 237 Å². The van der Waals surface area contributed by atoms with Crippen molar-refractivity contribution < 1.29 is 13.2 Å². The molecule has 206 valence electrons. The fourth-order valence-electron chi connectivity index (χ4n) is 4.66. The Morgan fingerprint density at radius 3 is 2.45 bits per heavy atom. The summed E-state index contributed by atoms with van der Waals surface area (Å²) >= 11 is 1.52. The van der Waals surface area contributed by atoms with Crippen molar-refractivity contribution >= 4 is 49.5 Å². The number of hydrogen-bond donors (Lipinski definition) is 2. The van der Waals surface area contributed by atoms with Crippen LogP contribution in [-0.4, -0.2) is 53.8 Å². The molecule has 0 spiro atoms. The quantitative estimate of drug-likeness (QED) is 0.288. The molecule has 0 saturated carbocycles. The summed E-state index contributed by atoms with van der Waals surface area (Å²) in [6, 6.07) is 15.9. The summed E-state index contributed by atoms with van der Waals surface area (Å²) in [5.41, 5.74) is 5.56. The maximum atomic E-state index is 11.5. The number of thiophene rings is 1. The number of ether oxygens (including phenoxy) is 1. The van der Waals surface area contributed by atoms with Gasteiger partial charge in [0.05, 0.1) is 11.6 Å². The molecule has 40 heavy (non-hydrogen) atoms. The number of rotatable bonds is 8. The van der Waals surface area contributed by atoms with Gasteiger partial charge in [0.2, 0.25) is 11.8 Å². The molecule has 10 nitrogen and oxygen atoms in total. The van der Waals surface area contributed by atoms with Gasteiger partial charge in [-0.05, 0) is 77.9 Å². The first kappa shape index (κ1) is 27.7. The topological polar surface area (TPSA) is 137 Å². The van der Waals surface area contributed by atoms with E-state index in [1.54, 1.807) is 6.08 Å². The van der Waals surface area contributed by atoms with Gasteiger partial charge in [0, 0.05) is 44.5 Å². The van der Waals surface area contributed by atoms with Crippen LogP contribution in [0.4, 0.5) is 11.6 Å². The van der Waals surface area contributed by atoms with Gasteiger partial charge in [0.15, 0.2) is 0 Å². The second-order valence-corrected chi connectivity index (χ2v) is 12.0. The number of nitrogens with two attached hydrogens (primary N) is 1. The monoisotopic (exact) mass is 575 g/mol. The normalized spacial score (nSPS) is 14.9. The number of hydrogen-bond acceptors (Lipinski definition) is 9. The number of aryl methyl sites for hydroxylation is 2. The summed E-state index contributed by atoms with van der Waals surface area (Å²) in [5.74, 6) is 1.63. The Morgan fingerprint density at radius 1 is 1.10 bits per heavy atom.